The van der Waals surface area contributed by atoms with Crippen molar-refractivity contribution in [1.82, 2.24) is 15.3 Å². The van der Waals surface area contributed by atoms with E-state index >= 15 is 0 Å². The predicted molar refractivity (Wildman–Crippen MR) is 75.9 cm³/mol. The fraction of sp³-hybridized carbons (Fsp3) is 0.333. The lowest BCUT2D eigenvalue weighted by atomic mass is 10.3. The Labute approximate surface area is 116 Å². The number of fused-ring (bicyclic) bond motifs is 1. The molecule has 0 saturated carbocycles. The summed E-state index contributed by atoms with van der Waals surface area (Å²) in [5.41, 5.74) is 7.29. The molecule has 8 heteroatoms. The Balaban J connectivity index is 2.17. The van der Waals surface area contributed by atoms with Crippen LogP contribution >= 0.6 is 0 Å². The Morgan fingerprint density at radius 2 is 2.20 bits per heavy atom. The van der Waals surface area contributed by atoms with E-state index in [1.807, 2.05) is 0 Å². The normalized spacial score (nSPS) is 11.7. The average molecular weight is 296 g/mol. The summed E-state index contributed by atoms with van der Waals surface area (Å²) in [4.78, 5) is 17.9. The summed E-state index contributed by atoms with van der Waals surface area (Å²) in [6, 6.07) is 4.95. The molecule has 0 radical (unpaired) electrons. The van der Waals surface area contributed by atoms with Gasteiger partial charge in [-0.15, -0.1) is 0 Å². The largest absolute Gasteiger partial charge is 0.399 e. The molecule has 1 aromatic carbocycles. The summed E-state index contributed by atoms with van der Waals surface area (Å²) >= 11 is 0. The number of sulfone groups is 1. The number of carbonyl (C=O) groups is 1. The molecule has 0 fully saturated rings. The molecule has 108 valence electrons. The van der Waals surface area contributed by atoms with Gasteiger partial charge >= 0.3 is 0 Å². The molecule has 2 rings (SSSR count). The van der Waals surface area contributed by atoms with E-state index in [4.69, 9.17) is 5.73 Å². The zero-order valence-electron chi connectivity index (χ0n) is 11.0. The second-order valence-corrected chi connectivity index (χ2v) is 6.44. The summed E-state index contributed by atoms with van der Waals surface area (Å²) in [6.45, 7) is 0. The van der Waals surface area contributed by atoms with Gasteiger partial charge in [-0.2, -0.15) is 0 Å². The van der Waals surface area contributed by atoms with Crippen LogP contribution in [0.2, 0.25) is 0 Å². The van der Waals surface area contributed by atoms with E-state index in [1.165, 1.54) is 7.05 Å². The van der Waals surface area contributed by atoms with Crippen molar-refractivity contribution in [3.8, 4) is 0 Å². The first-order valence-electron chi connectivity index (χ1n) is 6.11. The van der Waals surface area contributed by atoms with Gasteiger partial charge in [-0.05, 0) is 24.6 Å². The molecular weight excluding hydrogens is 280 g/mol. The monoisotopic (exact) mass is 296 g/mol. The van der Waals surface area contributed by atoms with Crippen molar-refractivity contribution in [3.63, 3.8) is 0 Å². The Morgan fingerprint density at radius 3 is 2.90 bits per heavy atom. The lowest BCUT2D eigenvalue weighted by Crippen LogP contribution is -2.19. The average Bonchev–Trinajstić information content (AvgIpc) is 2.82. The summed E-state index contributed by atoms with van der Waals surface area (Å²) in [5.74, 6) is -0.312. The molecule has 1 aromatic heterocycles. The number of amides is 1. The number of rotatable bonds is 5. The summed E-state index contributed by atoms with van der Waals surface area (Å²) in [6.07, 6.45) is 0.421. The Morgan fingerprint density at radius 1 is 1.45 bits per heavy atom. The van der Waals surface area contributed by atoms with Crippen LogP contribution in [0.15, 0.2) is 23.4 Å². The molecule has 2 aromatic rings. The van der Waals surface area contributed by atoms with Crippen molar-refractivity contribution < 1.29 is 13.2 Å². The molecule has 1 amide bonds. The third-order valence-electron chi connectivity index (χ3n) is 2.87. The summed E-state index contributed by atoms with van der Waals surface area (Å²) < 4.78 is 24.2. The quantitative estimate of drug-likeness (QED) is 0.692. The van der Waals surface area contributed by atoms with Crippen molar-refractivity contribution in [3.05, 3.63) is 18.2 Å². The van der Waals surface area contributed by atoms with E-state index in [1.54, 1.807) is 18.2 Å². The number of aromatic amines is 1. The van der Waals surface area contributed by atoms with E-state index in [2.05, 4.69) is 15.3 Å². The number of H-pyrrole nitrogens is 1. The number of nitrogen functional groups attached to an aromatic ring is 1. The van der Waals surface area contributed by atoms with Crippen LogP contribution in [0.5, 0.6) is 0 Å². The van der Waals surface area contributed by atoms with Crippen molar-refractivity contribution >= 4 is 32.5 Å². The number of imidazole rings is 1. The van der Waals surface area contributed by atoms with Gasteiger partial charge in [0, 0.05) is 19.2 Å². The second-order valence-electron chi connectivity index (χ2n) is 4.41. The first kappa shape index (κ1) is 14.3. The van der Waals surface area contributed by atoms with E-state index in [-0.39, 0.29) is 29.7 Å². The first-order chi connectivity index (χ1) is 9.42. The number of nitrogens with zero attached hydrogens (tertiary/aromatic N) is 1. The highest BCUT2D eigenvalue weighted by atomic mass is 32.2. The van der Waals surface area contributed by atoms with Crippen molar-refractivity contribution in [2.75, 3.05) is 18.5 Å². The zero-order valence-corrected chi connectivity index (χ0v) is 11.8. The molecule has 0 unspecified atom stereocenters. The van der Waals surface area contributed by atoms with Crippen molar-refractivity contribution in [2.24, 2.45) is 0 Å². The number of benzene rings is 1. The lowest BCUT2D eigenvalue weighted by Gasteiger charge is -2.00. The van der Waals surface area contributed by atoms with E-state index in [0.29, 0.717) is 16.7 Å². The van der Waals surface area contributed by atoms with Crippen LogP contribution in [0.3, 0.4) is 0 Å². The third-order valence-corrected chi connectivity index (χ3v) is 4.48. The molecule has 0 bridgehead atoms. The molecule has 20 heavy (non-hydrogen) atoms. The van der Waals surface area contributed by atoms with Crippen LogP contribution in [-0.4, -0.2) is 37.1 Å². The van der Waals surface area contributed by atoms with Gasteiger partial charge in [0.25, 0.3) is 0 Å². The van der Waals surface area contributed by atoms with Gasteiger partial charge < -0.3 is 16.0 Å². The van der Waals surface area contributed by atoms with Crippen molar-refractivity contribution in [2.45, 2.75) is 18.0 Å². The number of anilines is 1. The Bertz CT molecular complexity index is 736. The fourth-order valence-electron chi connectivity index (χ4n) is 1.80. The van der Waals surface area contributed by atoms with Gasteiger partial charge in [0.05, 0.1) is 16.8 Å². The van der Waals surface area contributed by atoms with E-state index < -0.39 is 9.84 Å². The molecule has 0 saturated heterocycles. The minimum absolute atomic E-state index is 0.0880. The maximum atomic E-state index is 12.1. The van der Waals surface area contributed by atoms with Gasteiger partial charge in [-0.1, -0.05) is 0 Å². The van der Waals surface area contributed by atoms with Gasteiger partial charge in [0.1, 0.15) is 0 Å². The molecule has 0 aliphatic heterocycles. The predicted octanol–water partition coefficient (Wildman–Crippen LogP) is 0.445. The van der Waals surface area contributed by atoms with Crippen LogP contribution in [-0.2, 0) is 14.6 Å². The molecular formula is C12H16N4O3S. The molecule has 0 spiro atoms. The molecule has 0 aliphatic rings. The van der Waals surface area contributed by atoms with Crippen LogP contribution < -0.4 is 11.1 Å². The van der Waals surface area contributed by atoms with Crippen LogP contribution in [0.4, 0.5) is 5.69 Å². The minimum atomic E-state index is -3.53. The highest BCUT2D eigenvalue weighted by Crippen LogP contribution is 2.18. The van der Waals surface area contributed by atoms with Gasteiger partial charge in [0.15, 0.2) is 0 Å². The molecule has 0 atom stereocenters. The lowest BCUT2D eigenvalue weighted by molar-refractivity contribution is -0.120. The standard InChI is InChI=1S/C12H16N4O3S/c1-14-11(17)3-2-6-20(18,19)12-15-9-5-4-8(13)7-10(9)16-12/h4-5,7H,2-3,6,13H2,1H3,(H,14,17)(H,15,16). The second kappa shape index (κ2) is 5.49. The third kappa shape index (κ3) is 3.08. The number of nitrogens with two attached hydrogens (primary N) is 1. The molecule has 7 nitrogen and oxygen atoms in total. The van der Waals surface area contributed by atoms with Gasteiger partial charge in [-0.3, -0.25) is 4.79 Å². The van der Waals surface area contributed by atoms with Gasteiger partial charge in [-0.25, -0.2) is 13.4 Å². The molecule has 1 heterocycles. The highest BCUT2D eigenvalue weighted by molar-refractivity contribution is 7.91. The number of aromatic nitrogens is 2. The number of carbonyl (C=O) groups excluding carboxylic acids is 1. The van der Waals surface area contributed by atoms with E-state index in [9.17, 15) is 13.2 Å². The maximum Gasteiger partial charge on any atom is 0.226 e. The number of hydrogen-bond donors (Lipinski definition) is 3. The van der Waals surface area contributed by atoms with Crippen LogP contribution in [0.1, 0.15) is 12.8 Å². The zero-order chi connectivity index (χ0) is 14.8. The van der Waals surface area contributed by atoms with Crippen molar-refractivity contribution in [1.29, 1.82) is 0 Å². The maximum absolute atomic E-state index is 12.1. The topological polar surface area (TPSA) is 118 Å². The molecule has 4 N–H and O–H groups in total. The van der Waals surface area contributed by atoms with Crippen LogP contribution in [0, 0.1) is 0 Å². The van der Waals surface area contributed by atoms with Gasteiger partial charge in [0.2, 0.25) is 20.9 Å². The Kier molecular flexibility index (Phi) is 3.93. The minimum Gasteiger partial charge on any atom is -0.399 e. The first-order valence-corrected chi connectivity index (χ1v) is 7.76. The SMILES string of the molecule is CNC(=O)CCCS(=O)(=O)c1nc2ccc(N)cc2[nH]1. The van der Waals surface area contributed by atoms with E-state index in [0.717, 1.165) is 0 Å². The summed E-state index contributed by atoms with van der Waals surface area (Å²) in [5, 5.41) is 2.36. The molecule has 0 aliphatic carbocycles. The smallest absolute Gasteiger partial charge is 0.226 e. The Hall–Kier alpha value is -2.09. The summed E-state index contributed by atoms with van der Waals surface area (Å²) in [7, 11) is -2.01. The number of hydrogen-bond acceptors (Lipinski definition) is 5. The fourth-order valence-corrected chi connectivity index (χ4v) is 3.02. The number of nitrogens with one attached hydrogen (secondary N) is 2. The highest BCUT2D eigenvalue weighted by Gasteiger charge is 2.19. The van der Waals surface area contributed by atoms with Crippen LogP contribution in [0.25, 0.3) is 11.0 Å².